The van der Waals surface area contributed by atoms with Crippen LogP contribution in [0.15, 0.2) is 42.5 Å². The highest BCUT2D eigenvalue weighted by Gasteiger charge is 2.52. The molecule has 0 unspecified atom stereocenters. The smallest absolute Gasteiger partial charge is 0.0717 e. The molecule has 1 aromatic carbocycles. The molecule has 0 N–H and O–H groups in total. The summed E-state index contributed by atoms with van der Waals surface area (Å²) in [6.07, 6.45) is 6.56. The SMILES string of the molecule is C=C1CC[C@H]2C(C)(C)CCC[C@]2(C)[C@H]1COCc1ccccc1. The Morgan fingerprint density at radius 2 is 1.87 bits per heavy atom. The van der Waals surface area contributed by atoms with Crippen LogP contribution in [0.3, 0.4) is 0 Å². The van der Waals surface area contributed by atoms with Crippen molar-refractivity contribution in [3.8, 4) is 0 Å². The number of hydrogen-bond acceptors (Lipinski definition) is 1. The number of benzene rings is 1. The highest BCUT2D eigenvalue weighted by molar-refractivity contribution is 5.16. The Bertz CT molecular complexity index is 544. The van der Waals surface area contributed by atoms with E-state index < -0.39 is 0 Å². The van der Waals surface area contributed by atoms with Crippen LogP contribution in [0, 0.1) is 22.7 Å². The molecule has 2 aliphatic rings. The normalized spacial score (nSPS) is 33.3. The van der Waals surface area contributed by atoms with Gasteiger partial charge in [-0.2, -0.15) is 0 Å². The average Bonchev–Trinajstić information content (AvgIpc) is 2.50. The van der Waals surface area contributed by atoms with Gasteiger partial charge in [-0.25, -0.2) is 0 Å². The molecule has 23 heavy (non-hydrogen) atoms. The first-order valence-electron chi connectivity index (χ1n) is 9.23. The van der Waals surface area contributed by atoms with Crippen LogP contribution in [0.2, 0.25) is 0 Å². The van der Waals surface area contributed by atoms with E-state index in [1.165, 1.54) is 43.2 Å². The summed E-state index contributed by atoms with van der Waals surface area (Å²) < 4.78 is 6.15. The van der Waals surface area contributed by atoms with E-state index in [-0.39, 0.29) is 0 Å². The second-order valence-corrected chi connectivity index (χ2v) is 8.65. The molecule has 126 valence electrons. The number of hydrogen-bond donors (Lipinski definition) is 0. The number of fused-ring (bicyclic) bond motifs is 1. The van der Waals surface area contributed by atoms with Gasteiger partial charge in [-0.05, 0) is 48.0 Å². The maximum absolute atomic E-state index is 6.15. The van der Waals surface area contributed by atoms with Crippen LogP contribution in [0.5, 0.6) is 0 Å². The zero-order valence-corrected chi connectivity index (χ0v) is 15.1. The lowest BCUT2D eigenvalue weighted by Gasteiger charge is -2.57. The Morgan fingerprint density at radius 1 is 1.13 bits per heavy atom. The molecule has 0 bridgehead atoms. The molecule has 0 heterocycles. The molecule has 2 fully saturated rings. The molecule has 0 aliphatic heterocycles. The fourth-order valence-corrected chi connectivity index (χ4v) is 5.45. The Morgan fingerprint density at radius 3 is 2.61 bits per heavy atom. The fourth-order valence-electron chi connectivity index (χ4n) is 5.45. The molecule has 3 atom stereocenters. The highest BCUT2D eigenvalue weighted by Crippen LogP contribution is 2.60. The van der Waals surface area contributed by atoms with Crippen LogP contribution in [0.1, 0.15) is 58.4 Å². The second kappa shape index (κ2) is 6.43. The molecule has 3 rings (SSSR count). The van der Waals surface area contributed by atoms with Crippen molar-refractivity contribution in [2.24, 2.45) is 22.7 Å². The molecule has 1 heteroatoms. The Labute approximate surface area is 142 Å². The van der Waals surface area contributed by atoms with E-state index >= 15 is 0 Å². The largest absolute Gasteiger partial charge is 0.376 e. The minimum atomic E-state index is 0.369. The van der Waals surface area contributed by atoms with E-state index in [0.717, 1.165) is 19.1 Å². The van der Waals surface area contributed by atoms with Gasteiger partial charge in [0.05, 0.1) is 13.2 Å². The summed E-state index contributed by atoms with van der Waals surface area (Å²) in [5.74, 6) is 1.32. The van der Waals surface area contributed by atoms with Crippen LogP contribution < -0.4 is 0 Å². The van der Waals surface area contributed by atoms with E-state index in [9.17, 15) is 0 Å². The van der Waals surface area contributed by atoms with Gasteiger partial charge >= 0.3 is 0 Å². The van der Waals surface area contributed by atoms with E-state index in [0.29, 0.717) is 16.7 Å². The Balaban J connectivity index is 1.70. The Kier molecular flexibility index (Phi) is 4.69. The summed E-state index contributed by atoms with van der Waals surface area (Å²) >= 11 is 0. The van der Waals surface area contributed by atoms with E-state index in [1.807, 2.05) is 0 Å². The molecule has 1 nitrogen and oxygen atoms in total. The fraction of sp³-hybridized carbons (Fsp3) is 0.636. The van der Waals surface area contributed by atoms with Gasteiger partial charge in [-0.15, -0.1) is 0 Å². The molecule has 2 saturated carbocycles. The summed E-state index contributed by atoms with van der Waals surface area (Å²) in [6, 6.07) is 10.5. The van der Waals surface area contributed by atoms with Gasteiger partial charge in [0.1, 0.15) is 0 Å². The zero-order valence-electron chi connectivity index (χ0n) is 15.1. The average molecular weight is 312 g/mol. The molecule has 0 saturated heterocycles. The van der Waals surface area contributed by atoms with E-state index in [4.69, 9.17) is 4.74 Å². The van der Waals surface area contributed by atoms with Gasteiger partial charge in [0.2, 0.25) is 0 Å². The van der Waals surface area contributed by atoms with Gasteiger partial charge in [-0.3, -0.25) is 0 Å². The maximum Gasteiger partial charge on any atom is 0.0717 e. The highest BCUT2D eigenvalue weighted by atomic mass is 16.5. The summed E-state index contributed by atoms with van der Waals surface area (Å²) in [4.78, 5) is 0. The van der Waals surface area contributed by atoms with Crippen LogP contribution in [0.25, 0.3) is 0 Å². The van der Waals surface area contributed by atoms with Crippen molar-refractivity contribution in [3.05, 3.63) is 48.0 Å². The van der Waals surface area contributed by atoms with Gasteiger partial charge in [0, 0.05) is 5.92 Å². The summed E-state index contributed by atoms with van der Waals surface area (Å²) in [7, 11) is 0. The number of rotatable bonds is 4. The first-order valence-corrected chi connectivity index (χ1v) is 9.23. The lowest BCUT2D eigenvalue weighted by Crippen LogP contribution is -2.50. The summed E-state index contributed by atoms with van der Waals surface area (Å²) in [6.45, 7) is 13.4. The zero-order chi connectivity index (χ0) is 16.5. The topological polar surface area (TPSA) is 9.23 Å². The minimum Gasteiger partial charge on any atom is -0.376 e. The third-order valence-electron chi connectivity index (χ3n) is 6.71. The van der Waals surface area contributed by atoms with Crippen molar-refractivity contribution in [2.75, 3.05) is 6.61 Å². The molecule has 0 aromatic heterocycles. The molecule has 1 aromatic rings. The van der Waals surface area contributed by atoms with Crippen molar-refractivity contribution >= 4 is 0 Å². The van der Waals surface area contributed by atoms with Crippen LogP contribution >= 0.6 is 0 Å². The molecular weight excluding hydrogens is 280 g/mol. The van der Waals surface area contributed by atoms with Crippen molar-refractivity contribution < 1.29 is 4.74 Å². The molecule has 0 spiro atoms. The maximum atomic E-state index is 6.15. The lowest BCUT2D eigenvalue weighted by molar-refractivity contribution is -0.0770. The lowest BCUT2D eigenvalue weighted by atomic mass is 9.48. The molecule has 2 aliphatic carbocycles. The molecule has 0 amide bonds. The third-order valence-corrected chi connectivity index (χ3v) is 6.71. The van der Waals surface area contributed by atoms with Crippen LogP contribution in [0.4, 0.5) is 0 Å². The first-order chi connectivity index (χ1) is 10.9. The van der Waals surface area contributed by atoms with Crippen molar-refractivity contribution in [3.63, 3.8) is 0 Å². The molecular formula is C22H32O. The standard InChI is InChI=1S/C22H32O/c1-17-11-12-20-21(2,3)13-8-14-22(20,4)19(17)16-23-15-18-9-6-5-7-10-18/h5-7,9-10,19-20H,1,8,11-16H2,2-4H3/t19-,20-,22+/m0/s1. The van der Waals surface area contributed by atoms with Gasteiger partial charge < -0.3 is 4.74 Å². The van der Waals surface area contributed by atoms with Gasteiger partial charge in [-0.1, -0.05) is 69.7 Å². The quantitative estimate of drug-likeness (QED) is 0.619. The number of ether oxygens (including phenoxy) is 1. The summed E-state index contributed by atoms with van der Waals surface area (Å²) in [5, 5.41) is 0. The van der Waals surface area contributed by atoms with E-state index in [1.54, 1.807) is 0 Å². The van der Waals surface area contributed by atoms with Crippen LogP contribution in [-0.2, 0) is 11.3 Å². The van der Waals surface area contributed by atoms with Crippen molar-refractivity contribution in [1.82, 2.24) is 0 Å². The van der Waals surface area contributed by atoms with Gasteiger partial charge in [0.25, 0.3) is 0 Å². The van der Waals surface area contributed by atoms with Crippen molar-refractivity contribution in [1.29, 1.82) is 0 Å². The van der Waals surface area contributed by atoms with Crippen LogP contribution in [-0.4, -0.2) is 6.61 Å². The minimum absolute atomic E-state index is 0.369. The van der Waals surface area contributed by atoms with E-state index in [2.05, 4.69) is 57.7 Å². The monoisotopic (exact) mass is 312 g/mol. The predicted octanol–water partition coefficient (Wildman–Crippen LogP) is 6.00. The third kappa shape index (κ3) is 3.26. The first kappa shape index (κ1) is 16.8. The molecule has 0 radical (unpaired) electrons. The predicted molar refractivity (Wildman–Crippen MR) is 97.2 cm³/mol. The van der Waals surface area contributed by atoms with Crippen molar-refractivity contribution in [2.45, 2.75) is 59.5 Å². The van der Waals surface area contributed by atoms with Gasteiger partial charge in [0.15, 0.2) is 0 Å². The second-order valence-electron chi connectivity index (χ2n) is 8.65. The Hall–Kier alpha value is -1.08. The summed E-state index contributed by atoms with van der Waals surface area (Å²) in [5.41, 5.74) is 3.52.